The monoisotopic (exact) mass is 1150 g/mol. The highest BCUT2D eigenvalue weighted by molar-refractivity contribution is 5.97. The molecule has 0 atom stereocenters. The molecular weight excluding hydrogens is 1100 g/mol. The van der Waals surface area contributed by atoms with Crippen molar-refractivity contribution >= 4 is 47.0 Å². The van der Waals surface area contributed by atoms with Gasteiger partial charge in [-0.2, -0.15) is 20.5 Å². The van der Waals surface area contributed by atoms with Gasteiger partial charge in [-0.1, -0.05) is 0 Å². The minimum atomic E-state index is -1.07. The van der Waals surface area contributed by atoms with Gasteiger partial charge in [-0.05, 0) is 86.6 Å². The molecule has 0 spiro atoms. The number of pyridine rings is 2. The third-order valence-corrected chi connectivity index (χ3v) is 12.9. The van der Waals surface area contributed by atoms with Crippen LogP contribution < -0.4 is 34.9 Å². The van der Waals surface area contributed by atoms with Gasteiger partial charge in [-0.3, -0.25) is 14.4 Å². The normalized spacial score (nSPS) is 13.0. The Morgan fingerprint density at radius 3 is 1.47 bits per heavy atom. The van der Waals surface area contributed by atoms with Gasteiger partial charge in [0.25, 0.3) is 17.7 Å². The van der Waals surface area contributed by atoms with Crippen molar-refractivity contribution in [1.29, 1.82) is 10.5 Å². The molecule has 0 radical (unpaired) electrons. The molecule has 85 heavy (non-hydrogen) atoms. The number of ether oxygens (including phenoxy) is 4. The molecule has 2 aliphatic rings. The number of nitrogens with zero attached hydrogens (tertiary/aromatic N) is 13. The van der Waals surface area contributed by atoms with E-state index < -0.39 is 5.97 Å². The highest BCUT2D eigenvalue weighted by atomic mass is 16.5. The zero-order valence-corrected chi connectivity index (χ0v) is 47.0. The number of methoxy groups -OCH3 is 2. The Bertz CT molecular complexity index is 3700. The molecule has 2 aliphatic heterocycles. The molecule has 0 unspecified atom stereocenters. The van der Waals surface area contributed by atoms with Crippen molar-refractivity contribution in [2.24, 2.45) is 0 Å². The number of oxazole rings is 2. The topological polar surface area (TPSA) is 348 Å². The summed E-state index contributed by atoms with van der Waals surface area (Å²) in [6.45, 7) is 2.86. The first-order valence-corrected chi connectivity index (χ1v) is 26.3. The van der Waals surface area contributed by atoms with Gasteiger partial charge in [0.15, 0.2) is 24.2 Å². The Kier molecular flexibility index (Phi) is 20.2. The van der Waals surface area contributed by atoms with E-state index in [-0.39, 0.29) is 53.1 Å². The number of benzene rings is 2. The van der Waals surface area contributed by atoms with Crippen molar-refractivity contribution in [2.45, 2.75) is 37.9 Å². The second kappa shape index (κ2) is 28.6. The van der Waals surface area contributed by atoms with E-state index in [1.165, 1.54) is 49.3 Å². The summed E-state index contributed by atoms with van der Waals surface area (Å²) < 4.78 is 32.2. The molecule has 4 N–H and O–H groups in total. The first-order chi connectivity index (χ1) is 41.1. The minimum Gasteiger partial charge on any atom is -0.489 e. The molecule has 3 amide bonds. The van der Waals surface area contributed by atoms with E-state index in [2.05, 4.69) is 72.4 Å². The van der Waals surface area contributed by atoms with Crippen LogP contribution in [0.4, 0.5) is 23.3 Å². The smallest absolute Gasteiger partial charge is 0.357 e. The van der Waals surface area contributed by atoms with Gasteiger partial charge in [0, 0.05) is 77.4 Å². The Morgan fingerprint density at radius 2 is 1.07 bits per heavy atom. The van der Waals surface area contributed by atoms with Gasteiger partial charge < -0.3 is 63.5 Å². The number of amides is 3. The Labute approximate surface area is 487 Å². The fourth-order valence-electron chi connectivity index (χ4n) is 8.57. The van der Waals surface area contributed by atoms with Gasteiger partial charge in [-0.25, -0.2) is 34.7 Å². The molecule has 436 valence electrons. The van der Waals surface area contributed by atoms with Gasteiger partial charge >= 0.3 is 5.97 Å². The molecule has 0 bridgehead atoms. The molecule has 0 saturated carbocycles. The molecule has 8 heterocycles. The number of rotatable bonds is 16. The molecule has 6 aromatic heterocycles. The number of hydrogen-bond acceptors (Lipinski definition) is 23. The first-order valence-electron chi connectivity index (χ1n) is 26.3. The lowest BCUT2D eigenvalue weighted by atomic mass is 10.1. The standard InChI is InChI=1S/C29H28N8O5.C25H27N7O3.C4H3NO3/c1-36(2)28(38)21-5-7-25(35-27(21)40-3)34-26-13-22(31-16-32-26)18-4-6-24(19(12-18)14-30)42-20-8-10-37(11-9-20)29(39)23-15-41-17-33-23;1-32(2)25(33)19-5-7-22(31-24(19)34-3)30-23-13-20(28-15-29-23)16-4-6-21(17(12-16)14-26)35-18-8-10-27-11-9-18;6-4(7)3-1-8-2-5-3/h4-7,12-13,15-17,20H,8-11H2,1-3H3,(H,31,32,34,35);4-7,12-13,15,18,27H,8-11H2,1-3H3,(H,28,29,30,31);1-2H,(H,6,7). The average molecular weight is 1160 g/mol. The van der Waals surface area contributed by atoms with Crippen molar-refractivity contribution < 1.29 is 52.1 Å². The van der Waals surface area contributed by atoms with E-state index >= 15 is 0 Å². The van der Waals surface area contributed by atoms with Crippen molar-refractivity contribution in [3.8, 4) is 57.9 Å². The molecule has 27 nitrogen and oxygen atoms in total. The Balaban J connectivity index is 0.000000198. The number of likely N-dealkylation sites (tertiary alicyclic amines) is 1. The summed E-state index contributed by atoms with van der Waals surface area (Å²) in [6.07, 6.45) is 10.6. The lowest BCUT2D eigenvalue weighted by Gasteiger charge is -2.31. The van der Waals surface area contributed by atoms with Crippen LogP contribution in [0.15, 0.2) is 120 Å². The van der Waals surface area contributed by atoms with E-state index in [4.69, 9.17) is 28.5 Å². The minimum absolute atomic E-state index is 0.0648. The number of piperidine rings is 2. The number of aromatic carboxylic acids is 1. The fourth-order valence-corrected chi connectivity index (χ4v) is 8.57. The highest BCUT2D eigenvalue weighted by Crippen LogP contribution is 2.32. The van der Waals surface area contributed by atoms with Crippen molar-refractivity contribution in [1.82, 2.24) is 59.9 Å². The summed E-state index contributed by atoms with van der Waals surface area (Å²) in [5.41, 5.74) is 4.44. The number of hydrogen-bond donors (Lipinski definition) is 4. The van der Waals surface area contributed by atoms with Gasteiger partial charge in [0.05, 0.1) is 36.7 Å². The summed E-state index contributed by atoms with van der Waals surface area (Å²) in [7, 11) is 9.56. The maximum atomic E-state index is 12.5. The highest BCUT2D eigenvalue weighted by Gasteiger charge is 2.27. The fraction of sp³-hybridized carbons (Fsp3) is 0.276. The van der Waals surface area contributed by atoms with E-state index in [1.54, 1.807) is 87.7 Å². The average Bonchev–Trinajstić information content (AvgIpc) is 4.46. The molecule has 8 aromatic rings. The van der Waals surface area contributed by atoms with Crippen LogP contribution in [0.1, 0.15) is 78.5 Å². The quantitative estimate of drug-likeness (QED) is 0.0763. The molecule has 27 heteroatoms. The summed E-state index contributed by atoms with van der Waals surface area (Å²) in [5, 5.41) is 37.2. The molecule has 2 fully saturated rings. The third-order valence-electron chi connectivity index (χ3n) is 12.9. The predicted molar refractivity (Wildman–Crippen MR) is 305 cm³/mol. The van der Waals surface area contributed by atoms with Crippen molar-refractivity contribution in [2.75, 3.05) is 79.2 Å². The van der Waals surface area contributed by atoms with Gasteiger partial charge in [0.1, 0.15) is 95.4 Å². The number of aromatic nitrogens is 8. The Morgan fingerprint density at radius 1 is 0.612 bits per heavy atom. The number of carboxylic acid groups (broad SMARTS) is 1. The number of nitriles is 2. The second-order valence-corrected chi connectivity index (χ2v) is 19.1. The zero-order chi connectivity index (χ0) is 60.4. The SMILES string of the molecule is COc1nc(Nc2cc(-c3ccc(OC4CCN(C(=O)c5cocn5)CC4)c(C#N)c3)ncn2)ccc1C(=O)N(C)C.COc1nc(Nc2cc(-c3ccc(OC4CCNCC4)c(C#N)c3)ncn2)ccc1C(=O)N(C)C.O=C(O)c1cocn1. The van der Waals surface area contributed by atoms with Crippen LogP contribution in [-0.2, 0) is 0 Å². The number of anilines is 4. The lowest BCUT2D eigenvalue weighted by molar-refractivity contribution is 0.0588. The second-order valence-electron chi connectivity index (χ2n) is 19.1. The number of carbonyl (C=O) groups excluding carboxylic acids is 3. The van der Waals surface area contributed by atoms with Crippen LogP contribution in [0.2, 0.25) is 0 Å². The van der Waals surface area contributed by atoms with Crippen LogP contribution >= 0.6 is 0 Å². The van der Waals surface area contributed by atoms with Crippen LogP contribution in [0, 0.1) is 22.7 Å². The van der Waals surface area contributed by atoms with Crippen molar-refractivity contribution in [3.05, 3.63) is 144 Å². The molecular formula is C58H58N16O11. The molecule has 0 aliphatic carbocycles. The molecule has 2 saturated heterocycles. The number of carboxylic acids is 1. The van der Waals surface area contributed by atoms with Gasteiger partial charge in [0.2, 0.25) is 11.8 Å². The van der Waals surface area contributed by atoms with Crippen LogP contribution in [0.3, 0.4) is 0 Å². The summed E-state index contributed by atoms with van der Waals surface area (Å²) in [5.74, 6) is 1.65. The van der Waals surface area contributed by atoms with E-state index in [9.17, 15) is 29.7 Å². The summed E-state index contributed by atoms with van der Waals surface area (Å²) in [4.78, 5) is 85.0. The maximum Gasteiger partial charge on any atom is 0.357 e. The number of carbonyl (C=O) groups is 4. The third kappa shape index (κ3) is 15.7. The first kappa shape index (κ1) is 60.0. The summed E-state index contributed by atoms with van der Waals surface area (Å²) >= 11 is 0. The molecule has 2 aromatic carbocycles. The summed E-state index contributed by atoms with van der Waals surface area (Å²) in [6, 6.07) is 25.3. The van der Waals surface area contributed by atoms with Crippen LogP contribution in [0.25, 0.3) is 22.5 Å². The maximum absolute atomic E-state index is 12.5. The van der Waals surface area contributed by atoms with Crippen molar-refractivity contribution in [3.63, 3.8) is 0 Å². The molecule has 10 rings (SSSR count). The Hall–Kier alpha value is -11.1. The van der Waals surface area contributed by atoms with E-state index in [0.717, 1.165) is 44.2 Å². The lowest BCUT2D eigenvalue weighted by Crippen LogP contribution is -2.42. The predicted octanol–water partition coefficient (Wildman–Crippen LogP) is 6.90. The van der Waals surface area contributed by atoms with Crippen LogP contribution in [0.5, 0.6) is 23.3 Å². The largest absolute Gasteiger partial charge is 0.489 e. The van der Waals surface area contributed by atoms with E-state index in [1.807, 2.05) is 18.2 Å². The van der Waals surface area contributed by atoms with E-state index in [0.29, 0.717) is 99.9 Å². The zero-order valence-electron chi connectivity index (χ0n) is 47.0. The van der Waals surface area contributed by atoms with Gasteiger partial charge in [-0.15, -0.1) is 0 Å². The van der Waals surface area contributed by atoms with Crippen LogP contribution in [-0.4, -0.2) is 164 Å². The number of nitrogens with one attached hydrogen (secondary N) is 3.